The summed E-state index contributed by atoms with van der Waals surface area (Å²) in [6.45, 7) is 3.81. The number of anilines is 1. The van der Waals surface area contributed by atoms with Gasteiger partial charge in [0.15, 0.2) is 11.0 Å². The van der Waals surface area contributed by atoms with Crippen molar-refractivity contribution in [1.29, 1.82) is 0 Å². The second-order valence-corrected chi connectivity index (χ2v) is 9.34. The fraction of sp³-hybridized carbons (Fsp3) is 0.130. The number of primary amides is 1. The monoisotopic (exact) mass is 463 g/mol. The van der Waals surface area contributed by atoms with E-state index in [0.717, 1.165) is 16.8 Å². The van der Waals surface area contributed by atoms with E-state index in [4.69, 9.17) is 5.73 Å². The van der Waals surface area contributed by atoms with Crippen molar-refractivity contribution in [3.05, 3.63) is 77.2 Å². The molecule has 0 spiro atoms. The molecule has 2 aromatic heterocycles. The molecule has 0 aliphatic rings. The quantitative estimate of drug-likeness (QED) is 0.392. The Morgan fingerprint density at radius 3 is 2.47 bits per heavy atom. The summed E-state index contributed by atoms with van der Waals surface area (Å²) >= 11 is 2.55. The topological polar surface area (TPSA) is 103 Å². The van der Waals surface area contributed by atoms with E-state index >= 15 is 0 Å². The van der Waals surface area contributed by atoms with Crippen LogP contribution < -0.4 is 11.1 Å². The van der Waals surface area contributed by atoms with Crippen LogP contribution in [0.1, 0.15) is 22.8 Å². The number of nitrogens with two attached hydrogens (primary N) is 1. The molecule has 0 fully saturated rings. The number of aromatic nitrogens is 3. The lowest BCUT2D eigenvalue weighted by Crippen LogP contribution is -2.24. The van der Waals surface area contributed by atoms with Crippen LogP contribution in [0.5, 0.6) is 0 Å². The standard InChI is InChI=1S/C23H21N5O2S2/c1-14-8-10-17(11-9-14)28-20(16-6-4-3-5-7-16)26-27-23(28)32-15(2)21(30)25-22-18(19(24)29)12-13-31-22/h3-13,15H,1-2H3,(H2,24,29)(H,25,30). The zero-order chi connectivity index (χ0) is 22.7. The molecule has 0 radical (unpaired) electrons. The Morgan fingerprint density at radius 1 is 1.06 bits per heavy atom. The molecule has 2 aromatic carbocycles. The van der Waals surface area contributed by atoms with Crippen LogP contribution in [0.3, 0.4) is 0 Å². The third-order valence-corrected chi connectivity index (χ3v) is 6.65. The Kier molecular flexibility index (Phi) is 6.38. The maximum absolute atomic E-state index is 12.8. The molecule has 162 valence electrons. The highest BCUT2D eigenvalue weighted by atomic mass is 32.2. The zero-order valence-corrected chi connectivity index (χ0v) is 19.1. The number of benzene rings is 2. The van der Waals surface area contributed by atoms with Crippen molar-refractivity contribution in [2.24, 2.45) is 5.73 Å². The van der Waals surface area contributed by atoms with Gasteiger partial charge in [0, 0.05) is 11.3 Å². The summed E-state index contributed by atoms with van der Waals surface area (Å²) in [5.41, 5.74) is 8.65. The van der Waals surface area contributed by atoms with Crippen LogP contribution in [0.4, 0.5) is 5.00 Å². The summed E-state index contributed by atoms with van der Waals surface area (Å²) in [6.07, 6.45) is 0. The van der Waals surface area contributed by atoms with Gasteiger partial charge in [0.25, 0.3) is 5.91 Å². The van der Waals surface area contributed by atoms with E-state index < -0.39 is 11.2 Å². The molecule has 7 nitrogen and oxygen atoms in total. The summed E-state index contributed by atoms with van der Waals surface area (Å²) in [4.78, 5) is 24.4. The molecule has 1 atom stereocenters. The van der Waals surface area contributed by atoms with Crippen molar-refractivity contribution in [2.75, 3.05) is 5.32 Å². The van der Waals surface area contributed by atoms with Gasteiger partial charge >= 0.3 is 0 Å². The number of aryl methyl sites for hydroxylation is 1. The van der Waals surface area contributed by atoms with Crippen LogP contribution in [-0.2, 0) is 4.79 Å². The normalized spacial score (nSPS) is 11.8. The number of nitrogens with zero attached hydrogens (tertiary/aromatic N) is 3. The van der Waals surface area contributed by atoms with E-state index in [1.165, 1.54) is 23.1 Å². The van der Waals surface area contributed by atoms with Gasteiger partial charge in [-0.1, -0.05) is 59.8 Å². The first-order valence-electron chi connectivity index (χ1n) is 9.86. The second kappa shape index (κ2) is 9.37. The third kappa shape index (κ3) is 4.58. The molecule has 0 saturated heterocycles. The van der Waals surface area contributed by atoms with E-state index in [2.05, 4.69) is 15.5 Å². The molecule has 2 heterocycles. The van der Waals surface area contributed by atoms with Crippen LogP contribution in [0.2, 0.25) is 0 Å². The number of nitrogens with one attached hydrogen (secondary N) is 1. The van der Waals surface area contributed by atoms with Gasteiger partial charge in [-0.15, -0.1) is 21.5 Å². The zero-order valence-electron chi connectivity index (χ0n) is 17.5. The van der Waals surface area contributed by atoms with Gasteiger partial charge in [0.05, 0.1) is 10.8 Å². The van der Waals surface area contributed by atoms with Crippen LogP contribution in [0.15, 0.2) is 71.2 Å². The van der Waals surface area contributed by atoms with E-state index in [9.17, 15) is 9.59 Å². The molecular weight excluding hydrogens is 442 g/mol. The fourth-order valence-electron chi connectivity index (χ4n) is 3.07. The Morgan fingerprint density at radius 2 is 1.78 bits per heavy atom. The van der Waals surface area contributed by atoms with E-state index in [0.29, 0.717) is 21.5 Å². The van der Waals surface area contributed by atoms with E-state index in [1.807, 2.05) is 66.1 Å². The smallest absolute Gasteiger partial charge is 0.251 e. The van der Waals surface area contributed by atoms with Gasteiger partial charge < -0.3 is 11.1 Å². The first-order chi connectivity index (χ1) is 15.4. The molecule has 1 unspecified atom stereocenters. The molecule has 0 saturated carbocycles. The molecule has 2 amide bonds. The van der Waals surface area contributed by atoms with Crippen molar-refractivity contribution >= 4 is 39.9 Å². The minimum Gasteiger partial charge on any atom is -0.366 e. The van der Waals surface area contributed by atoms with Gasteiger partial charge in [-0.25, -0.2) is 0 Å². The van der Waals surface area contributed by atoms with Gasteiger partial charge in [-0.2, -0.15) is 0 Å². The lowest BCUT2D eigenvalue weighted by atomic mass is 10.2. The Labute approximate surface area is 193 Å². The summed E-state index contributed by atoms with van der Waals surface area (Å²) in [5, 5.41) is 13.9. The average Bonchev–Trinajstić information content (AvgIpc) is 3.42. The summed E-state index contributed by atoms with van der Waals surface area (Å²) in [7, 11) is 0. The van der Waals surface area contributed by atoms with E-state index in [1.54, 1.807) is 18.4 Å². The first kappa shape index (κ1) is 21.8. The molecule has 0 bridgehead atoms. The molecule has 3 N–H and O–H groups in total. The number of rotatable bonds is 7. The minimum atomic E-state index is -0.575. The highest BCUT2D eigenvalue weighted by Crippen LogP contribution is 2.31. The predicted octanol–water partition coefficient (Wildman–Crippen LogP) is 4.52. The van der Waals surface area contributed by atoms with Crippen molar-refractivity contribution < 1.29 is 9.59 Å². The van der Waals surface area contributed by atoms with Gasteiger partial charge in [0.1, 0.15) is 5.00 Å². The van der Waals surface area contributed by atoms with Crippen molar-refractivity contribution in [2.45, 2.75) is 24.3 Å². The van der Waals surface area contributed by atoms with Gasteiger partial charge in [-0.05, 0) is 37.4 Å². The largest absolute Gasteiger partial charge is 0.366 e. The van der Waals surface area contributed by atoms with Crippen molar-refractivity contribution in [3.8, 4) is 17.1 Å². The molecular formula is C23H21N5O2S2. The van der Waals surface area contributed by atoms with Gasteiger partial charge in [0.2, 0.25) is 5.91 Å². The molecule has 32 heavy (non-hydrogen) atoms. The van der Waals surface area contributed by atoms with Crippen LogP contribution in [0, 0.1) is 6.92 Å². The molecule has 0 aliphatic carbocycles. The second-order valence-electron chi connectivity index (χ2n) is 7.12. The average molecular weight is 464 g/mol. The third-order valence-electron chi connectivity index (χ3n) is 4.78. The number of hydrogen-bond acceptors (Lipinski definition) is 6. The highest BCUT2D eigenvalue weighted by molar-refractivity contribution is 8.00. The summed E-state index contributed by atoms with van der Waals surface area (Å²) in [5.74, 6) is -0.132. The maximum Gasteiger partial charge on any atom is 0.251 e. The van der Waals surface area contributed by atoms with Crippen molar-refractivity contribution in [1.82, 2.24) is 14.8 Å². The molecule has 4 rings (SSSR count). The number of thioether (sulfide) groups is 1. The van der Waals surface area contributed by atoms with Crippen LogP contribution >= 0.6 is 23.1 Å². The summed E-state index contributed by atoms with van der Waals surface area (Å²) in [6, 6.07) is 19.4. The SMILES string of the molecule is Cc1ccc(-n2c(SC(C)C(=O)Nc3sccc3C(N)=O)nnc2-c2ccccc2)cc1. The number of carbonyl (C=O) groups is 2. The fourth-order valence-corrected chi connectivity index (χ4v) is 4.74. The lowest BCUT2D eigenvalue weighted by molar-refractivity contribution is -0.115. The van der Waals surface area contributed by atoms with Crippen molar-refractivity contribution in [3.63, 3.8) is 0 Å². The van der Waals surface area contributed by atoms with Gasteiger partial charge in [-0.3, -0.25) is 14.2 Å². The predicted molar refractivity (Wildman–Crippen MR) is 128 cm³/mol. The highest BCUT2D eigenvalue weighted by Gasteiger charge is 2.23. The van der Waals surface area contributed by atoms with Crippen LogP contribution in [-0.4, -0.2) is 31.8 Å². The Balaban J connectivity index is 1.64. The first-order valence-corrected chi connectivity index (χ1v) is 11.6. The maximum atomic E-state index is 12.8. The number of amides is 2. The Hall–Kier alpha value is -3.43. The minimum absolute atomic E-state index is 0.250. The number of thiophene rings is 1. The molecule has 4 aromatic rings. The molecule has 9 heteroatoms. The summed E-state index contributed by atoms with van der Waals surface area (Å²) < 4.78 is 1.95. The lowest BCUT2D eigenvalue weighted by Gasteiger charge is -2.14. The number of carbonyl (C=O) groups excluding carboxylic acids is 2. The molecule has 0 aliphatic heterocycles. The Bertz CT molecular complexity index is 1250. The van der Waals surface area contributed by atoms with Crippen LogP contribution in [0.25, 0.3) is 17.1 Å². The van der Waals surface area contributed by atoms with E-state index in [-0.39, 0.29) is 5.91 Å². The number of hydrogen-bond donors (Lipinski definition) is 2.